The number of ether oxygens (including phenoxy) is 3. The molecule has 4 aliphatic heterocycles. The van der Waals surface area contributed by atoms with Crippen LogP contribution in [0, 0.1) is 27.5 Å². The van der Waals surface area contributed by atoms with Gasteiger partial charge in [0.2, 0.25) is 0 Å². The summed E-state index contributed by atoms with van der Waals surface area (Å²) in [6.07, 6.45) is 9.21. The van der Waals surface area contributed by atoms with E-state index < -0.39 is 5.82 Å². The number of hydrogen-bond donors (Lipinski definition) is 2. The number of aromatic nitrogens is 1. The third kappa shape index (κ3) is 7.58. The number of nitrogens with zero attached hydrogens (tertiary/aromatic N) is 6. The lowest BCUT2D eigenvalue weighted by Crippen LogP contribution is -2.67. The number of fused-ring (bicyclic) bond motifs is 1. The molecule has 2 N–H and O–H groups in total. The smallest absolute Gasteiger partial charge is 0.257 e. The summed E-state index contributed by atoms with van der Waals surface area (Å²) in [4.78, 5) is 30.9. The monoisotopic (exact) mass is 716 g/mol. The number of rotatable bonds is 11. The number of halogens is 1. The van der Waals surface area contributed by atoms with Gasteiger partial charge < -0.3 is 28.9 Å². The summed E-state index contributed by atoms with van der Waals surface area (Å²) in [5.41, 5.74) is 2.86. The molecule has 280 valence electrons. The third-order valence-electron chi connectivity index (χ3n) is 11.8. The van der Waals surface area contributed by atoms with Gasteiger partial charge in [-0.3, -0.25) is 25.5 Å². The van der Waals surface area contributed by atoms with Crippen LogP contribution >= 0.6 is 0 Å². The molecule has 5 aliphatic rings. The Bertz CT molecular complexity index is 1680. The van der Waals surface area contributed by atoms with Gasteiger partial charge in [0.15, 0.2) is 5.84 Å². The predicted octanol–water partition coefficient (Wildman–Crippen LogP) is 4.86. The molecule has 1 saturated carbocycles. The van der Waals surface area contributed by atoms with Crippen LogP contribution in [0.1, 0.15) is 74.5 Å². The van der Waals surface area contributed by atoms with Gasteiger partial charge in [0.1, 0.15) is 29.8 Å². The van der Waals surface area contributed by atoms with Crippen molar-refractivity contribution >= 4 is 24.0 Å². The summed E-state index contributed by atoms with van der Waals surface area (Å²) >= 11 is 0. The Kier molecular flexibility index (Phi) is 10.6. The van der Waals surface area contributed by atoms with Gasteiger partial charge in [0.25, 0.3) is 11.8 Å². The highest BCUT2D eigenvalue weighted by atomic mass is 19.1. The molecule has 1 aromatic heterocycles. The highest BCUT2D eigenvalue weighted by molar-refractivity contribution is 6.38. The van der Waals surface area contributed by atoms with Crippen LogP contribution in [-0.4, -0.2) is 126 Å². The van der Waals surface area contributed by atoms with Crippen LogP contribution in [0.25, 0.3) is 0 Å². The number of hydrogen-bond acceptors (Lipinski definition) is 9. The zero-order valence-corrected chi connectivity index (χ0v) is 30.8. The van der Waals surface area contributed by atoms with E-state index in [2.05, 4.69) is 14.8 Å². The Morgan fingerprint density at radius 2 is 1.94 bits per heavy atom. The van der Waals surface area contributed by atoms with E-state index in [1.807, 2.05) is 37.9 Å². The van der Waals surface area contributed by atoms with Gasteiger partial charge in [0, 0.05) is 86.6 Å². The number of nitrogens with one attached hydrogen (secondary N) is 2. The minimum absolute atomic E-state index is 0.0432. The normalized spacial score (nSPS) is 23.1. The van der Waals surface area contributed by atoms with Crippen LogP contribution in [0.4, 0.5) is 4.39 Å². The zero-order chi connectivity index (χ0) is 36.5. The summed E-state index contributed by atoms with van der Waals surface area (Å²) in [5, 5.41) is 16.4. The molecule has 1 unspecified atom stereocenters. The van der Waals surface area contributed by atoms with E-state index in [-0.39, 0.29) is 46.5 Å². The molecule has 7 rings (SSSR count). The number of pyridine rings is 1. The van der Waals surface area contributed by atoms with Crippen molar-refractivity contribution in [1.82, 2.24) is 24.6 Å². The number of aliphatic imine (C=N–C) groups is 1. The first-order valence-electron chi connectivity index (χ1n) is 18.9. The predicted molar refractivity (Wildman–Crippen MR) is 197 cm³/mol. The van der Waals surface area contributed by atoms with Gasteiger partial charge in [-0.15, -0.1) is 0 Å². The Morgan fingerprint density at radius 3 is 2.67 bits per heavy atom. The maximum atomic E-state index is 14.3. The molecule has 3 saturated heterocycles. The van der Waals surface area contributed by atoms with Crippen molar-refractivity contribution in [1.29, 1.82) is 10.8 Å². The lowest BCUT2D eigenvalue weighted by molar-refractivity contribution is -0.0924. The fourth-order valence-corrected chi connectivity index (χ4v) is 8.97. The van der Waals surface area contributed by atoms with Crippen molar-refractivity contribution in [2.75, 3.05) is 65.6 Å². The number of likely N-dealkylation sites (tertiary alicyclic amines) is 2. The molecule has 1 aromatic carbocycles. The SMILES string of the molecule is CCN(C(=O)c1cc(F)ccc1OC(=N)C(=NC=N)N1CC2(CC(Oc3ccnc4c3CN(CCCN3CCC5(CCOC5)C3)CC4)C2)C1)C(C)C. The lowest BCUT2D eigenvalue weighted by atomic mass is 9.61. The van der Waals surface area contributed by atoms with Gasteiger partial charge >= 0.3 is 0 Å². The molecule has 4 fully saturated rings. The zero-order valence-electron chi connectivity index (χ0n) is 30.8. The summed E-state index contributed by atoms with van der Waals surface area (Å²) < 4.78 is 32.5. The van der Waals surface area contributed by atoms with Crippen molar-refractivity contribution in [2.24, 2.45) is 15.8 Å². The lowest BCUT2D eigenvalue weighted by Gasteiger charge is -2.59. The van der Waals surface area contributed by atoms with E-state index in [1.165, 1.54) is 43.6 Å². The Hall–Kier alpha value is -3.94. The van der Waals surface area contributed by atoms with E-state index in [9.17, 15) is 9.18 Å². The Morgan fingerprint density at radius 1 is 1.13 bits per heavy atom. The fraction of sp³-hybridized carbons (Fsp3) is 0.615. The second-order valence-electron chi connectivity index (χ2n) is 15.8. The minimum Gasteiger partial charge on any atom is -0.490 e. The third-order valence-corrected chi connectivity index (χ3v) is 11.8. The van der Waals surface area contributed by atoms with Crippen molar-refractivity contribution < 1.29 is 23.4 Å². The molecule has 5 heterocycles. The first-order chi connectivity index (χ1) is 25.1. The standard InChI is InChI=1S/C39H53FN8O4/c1-4-48(27(2)3)37(49)30-18-28(40)6-7-33(30)52-35(42)36(44-26-41)47-23-39(24-47)19-29(20-39)51-34-8-12-43-32-9-15-45(21-31(32)34)13-5-14-46-16-10-38(22-46)11-17-50-25-38/h6-8,12,18,26-27,29,41-42H,4-5,9-11,13-17,19-25H2,1-3H3. The highest BCUT2D eigenvalue weighted by Crippen LogP contribution is 2.50. The molecule has 1 amide bonds. The van der Waals surface area contributed by atoms with E-state index >= 15 is 0 Å². The van der Waals surface area contributed by atoms with Crippen molar-refractivity contribution in [3.63, 3.8) is 0 Å². The summed E-state index contributed by atoms with van der Waals surface area (Å²) in [6.45, 7) is 15.7. The van der Waals surface area contributed by atoms with Gasteiger partial charge in [-0.2, -0.15) is 0 Å². The van der Waals surface area contributed by atoms with E-state index in [0.717, 1.165) is 88.9 Å². The van der Waals surface area contributed by atoms with Crippen molar-refractivity contribution in [3.05, 3.63) is 53.1 Å². The summed E-state index contributed by atoms with van der Waals surface area (Å²) in [7, 11) is 0. The number of benzene rings is 1. The Balaban J connectivity index is 0.906. The molecular formula is C39H53FN8O4. The average molecular weight is 717 g/mol. The van der Waals surface area contributed by atoms with Gasteiger partial charge in [-0.05, 0) is 96.8 Å². The second-order valence-corrected chi connectivity index (χ2v) is 15.8. The molecule has 2 aromatic rings. The second kappa shape index (κ2) is 15.2. The molecule has 12 nitrogen and oxygen atoms in total. The number of amidine groups is 1. The van der Waals surface area contributed by atoms with E-state index in [1.54, 1.807) is 4.90 Å². The largest absolute Gasteiger partial charge is 0.490 e. The molecule has 13 heteroatoms. The summed E-state index contributed by atoms with van der Waals surface area (Å²) in [6, 6.07) is 5.63. The van der Waals surface area contributed by atoms with Gasteiger partial charge in [-0.1, -0.05) is 0 Å². The first-order valence-corrected chi connectivity index (χ1v) is 18.9. The van der Waals surface area contributed by atoms with Crippen molar-refractivity contribution in [2.45, 2.75) is 78.0 Å². The van der Waals surface area contributed by atoms with Crippen LogP contribution < -0.4 is 9.47 Å². The van der Waals surface area contributed by atoms with Gasteiger partial charge in [0.05, 0.1) is 12.2 Å². The maximum absolute atomic E-state index is 14.3. The molecule has 2 spiro atoms. The van der Waals surface area contributed by atoms with Gasteiger partial charge in [-0.25, -0.2) is 9.38 Å². The topological polar surface area (TPSA) is 131 Å². The maximum Gasteiger partial charge on any atom is 0.257 e. The average Bonchev–Trinajstić information content (AvgIpc) is 3.73. The van der Waals surface area contributed by atoms with Crippen LogP contribution in [0.15, 0.2) is 35.5 Å². The van der Waals surface area contributed by atoms with Crippen molar-refractivity contribution in [3.8, 4) is 11.5 Å². The quantitative estimate of drug-likeness (QED) is 0.249. The summed E-state index contributed by atoms with van der Waals surface area (Å²) in [5.74, 6) is 0.0104. The van der Waals surface area contributed by atoms with Crippen LogP contribution in [0.2, 0.25) is 0 Å². The van der Waals surface area contributed by atoms with E-state index in [0.29, 0.717) is 25.0 Å². The molecule has 52 heavy (non-hydrogen) atoms. The molecule has 0 bridgehead atoms. The molecule has 0 radical (unpaired) electrons. The van der Waals surface area contributed by atoms with Crippen LogP contribution in [0.3, 0.4) is 0 Å². The molecular weight excluding hydrogens is 663 g/mol. The number of amides is 1. The van der Waals surface area contributed by atoms with Crippen LogP contribution in [0.5, 0.6) is 11.5 Å². The Labute approximate surface area is 306 Å². The highest BCUT2D eigenvalue weighted by Gasteiger charge is 2.55. The molecule has 1 atom stereocenters. The molecule has 1 aliphatic carbocycles. The fourth-order valence-electron chi connectivity index (χ4n) is 8.97. The van der Waals surface area contributed by atoms with E-state index in [4.69, 9.17) is 30.0 Å². The van der Waals surface area contributed by atoms with Crippen LogP contribution in [-0.2, 0) is 17.7 Å². The number of carbonyl (C=O) groups is 1. The first kappa shape index (κ1) is 36.4. The minimum atomic E-state index is -0.562. The number of carbonyl (C=O) groups excluding carboxylic acids is 1.